The third-order valence-electron chi connectivity index (χ3n) is 6.48. The zero-order valence-electron chi connectivity index (χ0n) is 20.2. The van der Waals surface area contributed by atoms with Gasteiger partial charge in [-0.1, -0.05) is 42.5 Å². The first-order chi connectivity index (χ1) is 17.4. The van der Waals surface area contributed by atoms with Gasteiger partial charge in [0.05, 0.1) is 6.42 Å². The first-order valence-electron chi connectivity index (χ1n) is 11.9. The van der Waals surface area contributed by atoms with Crippen LogP contribution >= 0.6 is 0 Å². The fourth-order valence-corrected chi connectivity index (χ4v) is 4.44. The molecule has 0 aromatic heterocycles. The molecule has 4 rings (SSSR count). The highest BCUT2D eigenvalue weighted by atomic mass is 16.4. The molecule has 186 valence electrons. The van der Waals surface area contributed by atoms with Crippen LogP contribution in [-0.4, -0.2) is 47.4 Å². The van der Waals surface area contributed by atoms with Gasteiger partial charge in [-0.25, -0.2) is 0 Å². The Morgan fingerprint density at radius 1 is 1.03 bits per heavy atom. The minimum absolute atomic E-state index is 0.224. The molecule has 2 amide bonds. The number of carboxylic acids is 1. The number of nitrogens with one attached hydrogen (secondary N) is 1. The fraction of sp³-hybridized carbons (Fsp3) is 0.250. The van der Waals surface area contributed by atoms with Gasteiger partial charge in [-0.15, -0.1) is 0 Å². The summed E-state index contributed by atoms with van der Waals surface area (Å²) in [5, 5.41) is 12.4. The number of nitrogens with two attached hydrogens (primary N) is 1. The lowest BCUT2D eigenvalue weighted by Gasteiger charge is -2.29. The van der Waals surface area contributed by atoms with Crippen molar-refractivity contribution in [3.63, 3.8) is 0 Å². The van der Waals surface area contributed by atoms with Gasteiger partial charge in [0.25, 0.3) is 5.91 Å². The van der Waals surface area contributed by atoms with Gasteiger partial charge in [-0.2, -0.15) is 0 Å². The number of amides is 2. The van der Waals surface area contributed by atoms with Gasteiger partial charge in [0, 0.05) is 43.6 Å². The average molecular weight is 487 g/mol. The van der Waals surface area contributed by atoms with Crippen molar-refractivity contribution >= 4 is 29.2 Å². The van der Waals surface area contributed by atoms with E-state index in [9.17, 15) is 19.5 Å². The van der Waals surface area contributed by atoms with Gasteiger partial charge >= 0.3 is 5.97 Å². The Balaban J connectivity index is 1.59. The van der Waals surface area contributed by atoms with E-state index in [2.05, 4.69) is 5.32 Å². The number of hydrogen-bond donors (Lipinski definition) is 3. The van der Waals surface area contributed by atoms with E-state index in [1.54, 1.807) is 35.0 Å². The molecule has 8 heteroatoms. The Morgan fingerprint density at radius 2 is 1.75 bits per heavy atom. The molecule has 0 aliphatic carbocycles. The average Bonchev–Trinajstić information content (AvgIpc) is 2.98. The predicted octanol–water partition coefficient (Wildman–Crippen LogP) is 3.26. The summed E-state index contributed by atoms with van der Waals surface area (Å²) in [5.74, 6) is -1.50. The molecule has 0 unspecified atom stereocenters. The van der Waals surface area contributed by atoms with Crippen LogP contribution in [0, 0.1) is 0 Å². The highest BCUT2D eigenvalue weighted by Crippen LogP contribution is 2.31. The quantitative estimate of drug-likeness (QED) is 0.450. The summed E-state index contributed by atoms with van der Waals surface area (Å²) in [6.45, 7) is 1.18. The first kappa shape index (κ1) is 24.9. The van der Waals surface area contributed by atoms with Crippen molar-refractivity contribution in [2.24, 2.45) is 5.73 Å². The second-order valence-electron chi connectivity index (χ2n) is 8.92. The maximum Gasteiger partial charge on any atom is 0.305 e. The Morgan fingerprint density at radius 3 is 2.42 bits per heavy atom. The number of fused-ring (bicyclic) bond motifs is 1. The van der Waals surface area contributed by atoms with E-state index in [4.69, 9.17) is 5.73 Å². The van der Waals surface area contributed by atoms with Gasteiger partial charge < -0.3 is 26.0 Å². The van der Waals surface area contributed by atoms with Crippen molar-refractivity contribution in [1.29, 1.82) is 0 Å². The molecular weight excluding hydrogens is 456 g/mol. The summed E-state index contributed by atoms with van der Waals surface area (Å²) >= 11 is 0. The number of carbonyl (C=O) groups excluding carboxylic acids is 2. The van der Waals surface area contributed by atoms with Crippen LogP contribution in [0.1, 0.15) is 33.5 Å². The van der Waals surface area contributed by atoms with E-state index < -0.39 is 12.0 Å². The SMILES string of the molecule is CN1c2ccc(NC(=O)c3ccc(CN)cc3)cc2CN(CCc2ccccc2)C(=O)[C@H]1CC(=O)O. The molecule has 0 radical (unpaired) electrons. The van der Waals surface area contributed by atoms with E-state index in [0.29, 0.717) is 37.3 Å². The monoisotopic (exact) mass is 486 g/mol. The van der Waals surface area contributed by atoms with E-state index >= 15 is 0 Å². The molecule has 1 aliphatic heterocycles. The summed E-state index contributed by atoms with van der Waals surface area (Å²) in [7, 11) is 1.74. The molecular formula is C28H30N4O4. The Bertz CT molecular complexity index is 1240. The molecule has 0 saturated heterocycles. The smallest absolute Gasteiger partial charge is 0.305 e. The summed E-state index contributed by atoms with van der Waals surface area (Å²) in [6.07, 6.45) is 0.356. The maximum atomic E-state index is 13.4. The lowest BCUT2D eigenvalue weighted by atomic mass is 10.1. The van der Waals surface area contributed by atoms with Crippen molar-refractivity contribution in [2.45, 2.75) is 32.0 Å². The van der Waals surface area contributed by atoms with Crippen LogP contribution in [0.2, 0.25) is 0 Å². The molecule has 36 heavy (non-hydrogen) atoms. The topological polar surface area (TPSA) is 116 Å². The van der Waals surface area contributed by atoms with Crippen LogP contribution in [0.15, 0.2) is 72.8 Å². The molecule has 1 aliphatic rings. The number of likely N-dealkylation sites (N-methyl/N-ethyl adjacent to an activating group) is 1. The van der Waals surface area contributed by atoms with Crippen molar-refractivity contribution in [2.75, 3.05) is 23.8 Å². The van der Waals surface area contributed by atoms with Crippen LogP contribution in [0.3, 0.4) is 0 Å². The lowest BCUT2D eigenvalue weighted by molar-refractivity contribution is -0.142. The van der Waals surface area contributed by atoms with E-state index in [0.717, 1.165) is 22.4 Å². The highest BCUT2D eigenvalue weighted by Gasteiger charge is 2.34. The normalized spacial score (nSPS) is 15.3. The zero-order valence-corrected chi connectivity index (χ0v) is 20.2. The minimum Gasteiger partial charge on any atom is -0.481 e. The zero-order chi connectivity index (χ0) is 25.7. The third kappa shape index (κ3) is 5.72. The van der Waals surface area contributed by atoms with Crippen LogP contribution in [0.25, 0.3) is 0 Å². The molecule has 3 aromatic carbocycles. The van der Waals surface area contributed by atoms with Crippen LogP contribution in [0.5, 0.6) is 0 Å². The van der Waals surface area contributed by atoms with Crippen molar-refractivity contribution in [3.05, 3.63) is 95.1 Å². The molecule has 8 nitrogen and oxygen atoms in total. The molecule has 3 aromatic rings. The molecule has 1 heterocycles. The number of carboxylic acid groups (broad SMARTS) is 1. The van der Waals surface area contributed by atoms with Crippen molar-refractivity contribution < 1.29 is 19.5 Å². The predicted molar refractivity (Wildman–Crippen MR) is 139 cm³/mol. The number of nitrogens with zero attached hydrogens (tertiary/aromatic N) is 2. The largest absolute Gasteiger partial charge is 0.481 e. The highest BCUT2D eigenvalue weighted by molar-refractivity contribution is 6.04. The molecule has 0 bridgehead atoms. The standard InChI is InChI=1S/C28H30N4O4/c1-31-24-12-11-23(30-27(35)21-9-7-20(17-29)8-10-21)15-22(24)18-32(28(36)25(31)16-26(33)34)14-13-19-5-3-2-4-6-19/h2-12,15,25H,13-14,16-18,29H2,1H3,(H,30,35)(H,33,34)/t25-/m1/s1. The Hall–Kier alpha value is -4.17. The van der Waals surface area contributed by atoms with Gasteiger partial charge in [0.2, 0.25) is 5.91 Å². The second-order valence-corrected chi connectivity index (χ2v) is 8.92. The molecule has 1 atom stereocenters. The van der Waals surface area contributed by atoms with Gasteiger partial charge in [-0.05, 0) is 53.4 Å². The molecule has 0 saturated carbocycles. The first-order valence-corrected chi connectivity index (χ1v) is 11.9. The minimum atomic E-state index is -1.03. The second kappa shape index (κ2) is 11.0. The van der Waals surface area contributed by atoms with Crippen LogP contribution < -0.4 is 16.0 Å². The summed E-state index contributed by atoms with van der Waals surface area (Å²) in [5.41, 5.74) is 10.4. The van der Waals surface area contributed by atoms with Gasteiger partial charge in [0.1, 0.15) is 6.04 Å². The van der Waals surface area contributed by atoms with Crippen LogP contribution in [0.4, 0.5) is 11.4 Å². The summed E-state index contributed by atoms with van der Waals surface area (Å²) in [4.78, 5) is 41.2. The van der Waals surface area contributed by atoms with Crippen molar-refractivity contribution in [1.82, 2.24) is 4.90 Å². The number of carbonyl (C=O) groups is 3. The van der Waals surface area contributed by atoms with Gasteiger partial charge in [0.15, 0.2) is 0 Å². The van der Waals surface area contributed by atoms with Crippen molar-refractivity contribution in [3.8, 4) is 0 Å². The number of rotatable bonds is 8. The van der Waals surface area contributed by atoms with E-state index in [1.807, 2.05) is 54.6 Å². The number of hydrogen-bond acceptors (Lipinski definition) is 5. The lowest BCUT2D eigenvalue weighted by Crippen LogP contribution is -2.46. The fourth-order valence-electron chi connectivity index (χ4n) is 4.44. The summed E-state index contributed by atoms with van der Waals surface area (Å²) < 4.78 is 0. The maximum absolute atomic E-state index is 13.4. The Labute approximate surface area is 210 Å². The Kier molecular flexibility index (Phi) is 7.65. The number of anilines is 2. The number of benzene rings is 3. The number of aliphatic carboxylic acids is 1. The van der Waals surface area contributed by atoms with Gasteiger partial charge in [-0.3, -0.25) is 14.4 Å². The third-order valence-corrected chi connectivity index (χ3v) is 6.48. The summed E-state index contributed by atoms with van der Waals surface area (Å²) in [6, 6.07) is 21.6. The molecule has 0 spiro atoms. The van der Waals surface area contributed by atoms with Crippen LogP contribution in [-0.2, 0) is 29.1 Å². The molecule has 4 N–H and O–H groups in total. The van der Waals surface area contributed by atoms with E-state index in [-0.39, 0.29) is 18.2 Å². The molecule has 0 fully saturated rings. The van der Waals surface area contributed by atoms with E-state index in [1.165, 1.54) is 0 Å².